The van der Waals surface area contributed by atoms with Crippen LogP contribution in [0.15, 0.2) is 42.5 Å². The van der Waals surface area contributed by atoms with Crippen LogP contribution in [0.25, 0.3) is 0 Å². The van der Waals surface area contributed by atoms with Crippen LogP contribution in [0.1, 0.15) is 16.7 Å². The Balaban J connectivity index is 1.93. The van der Waals surface area contributed by atoms with Gasteiger partial charge in [-0.05, 0) is 35.9 Å². The number of hydrogen-bond donors (Lipinski definition) is 1. The zero-order valence-electron chi connectivity index (χ0n) is 12.7. The largest absolute Gasteiger partial charge is 0.418 e. The summed E-state index contributed by atoms with van der Waals surface area (Å²) < 4.78 is 38.9. The van der Waals surface area contributed by atoms with Gasteiger partial charge in [0, 0.05) is 10.8 Å². The number of nitrogens with zero attached hydrogens (tertiary/aromatic N) is 1. The Bertz CT molecular complexity index is 801. The summed E-state index contributed by atoms with van der Waals surface area (Å²) in [4.78, 5) is 11.9. The van der Waals surface area contributed by atoms with Crippen LogP contribution in [0.5, 0.6) is 0 Å². The van der Waals surface area contributed by atoms with Crippen LogP contribution < -0.4 is 5.32 Å². The topological polar surface area (TPSA) is 52.9 Å². The van der Waals surface area contributed by atoms with E-state index >= 15 is 0 Å². The number of thioether (sulfide) groups is 1. The molecular formula is C17H12ClF3N2OS. The lowest BCUT2D eigenvalue weighted by molar-refractivity contribution is -0.137. The van der Waals surface area contributed by atoms with E-state index in [9.17, 15) is 18.0 Å². The van der Waals surface area contributed by atoms with Gasteiger partial charge in [0.05, 0.1) is 28.6 Å². The second-order valence-corrected chi connectivity index (χ2v) is 6.46. The highest BCUT2D eigenvalue weighted by atomic mass is 35.5. The van der Waals surface area contributed by atoms with E-state index in [0.717, 1.165) is 17.7 Å². The van der Waals surface area contributed by atoms with Gasteiger partial charge >= 0.3 is 6.18 Å². The van der Waals surface area contributed by atoms with Crippen LogP contribution in [-0.2, 0) is 16.7 Å². The summed E-state index contributed by atoms with van der Waals surface area (Å²) in [5.41, 5.74) is 0.152. The first-order chi connectivity index (χ1) is 11.8. The van der Waals surface area contributed by atoms with E-state index < -0.39 is 17.6 Å². The van der Waals surface area contributed by atoms with Gasteiger partial charge in [-0.15, -0.1) is 11.8 Å². The number of alkyl halides is 3. The summed E-state index contributed by atoms with van der Waals surface area (Å²) in [6, 6.07) is 12.1. The summed E-state index contributed by atoms with van der Waals surface area (Å²) in [6.45, 7) is 0. The second-order valence-electron chi connectivity index (χ2n) is 5.04. The lowest BCUT2D eigenvalue weighted by Crippen LogP contribution is -2.18. The summed E-state index contributed by atoms with van der Waals surface area (Å²) >= 11 is 6.86. The first-order valence-corrected chi connectivity index (χ1v) is 8.56. The fourth-order valence-corrected chi connectivity index (χ4v) is 2.94. The number of benzene rings is 2. The number of nitrogens with one attached hydrogen (secondary N) is 1. The highest BCUT2D eigenvalue weighted by Gasteiger charge is 2.34. The maximum atomic E-state index is 13.0. The van der Waals surface area contributed by atoms with Crippen LogP contribution in [0.3, 0.4) is 0 Å². The highest BCUT2D eigenvalue weighted by molar-refractivity contribution is 7.99. The average molecular weight is 385 g/mol. The van der Waals surface area contributed by atoms with Crippen molar-refractivity contribution in [1.82, 2.24) is 0 Å². The van der Waals surface area contributed by atoms with Crippen molar-refractivity contribution in [3.05, 3.63) is 64.2 Å². The quantitative estimate of drug-likeness (QED) is 0.780. The Morgan fingerprint density at radius 3 is 2.48 bits per heavy atom. The first kappa shape index (κ1) is 19.2. The van der Waals surface area contributed by atoms with Crippen LogP contribution in [0.4, 0.5) is 18.9 Å². The Morgan fingerprint density at radius 1 is 1.20 bits per heavy atom. The molecular weight excluding hydrogens is 373 g/mol. The van der Waals surface area contributed by atoms with Gasteiger partial charge in [-0.1, -0.05) is 23.7 Å². The minimum Gasteiger partial charge on any atom is -0.325 e. The third-order valence-electron chi connectivity index (χ3n) is 3.15. The molecule has 8 heteroatoms. The smallest absolute Gasteiger partial charge is 0.325 e. The number of rotatable bonds is 5. The maximum absolute atomic E-state index is 13.0. The minimum atomic E-state index is -4.61. The van der Waals surface area contributed by atoms with Crippen molar-refractivity contribution < 1.29 is 18.0 Å². The van der Waals surface area contributed by atoms with Crippen molar-refractivity contribution in [2.75, 3.05) is 11.1 Å². The number of carbonyl (C=O) groups is 1. The van der Waals surface area contributed by atoms with Crippen LogP contribution in [0, 0.1) is 11.3 Å². The van der Waals surface area contributed by atoms with Gasteiger partial charge in [0.1, 0.15) is 0 Å². The van der Waals surface area contributed by atoms with Crippen LogP contribution >= 0.6 is 23.4 Å². The lowest BCUT2D eigenvalue weighted by atomic mass is 10.1. The van der Waals surface area contributed by atoms with E-state index in [1.807, 2.05) is 6.07 Å². The molecule has 0 radical (unpaired) electrons. The number of carbonyl (C=O) groups excluding carboxylic acids is 1. The van der Waals surface area contributed by atoms with E-state index in [2.05, 4.69) is 5.32 Å². The number of halogens is 4. The zero-order valence-corrected chi connectivity index (χ0v) is 14.3. The Kier molecular flexibility index (Phi) is 6.34. The molecule has 0 spiro atoms. The third-order valence-corrected chi connectivity index (χ3v) is 4.38. The van der Waals surface area contributed by atoms with Crippen molar-refractivity contribution in [3.8, 4) is 6.07 Å². The van der Waals surface area contributed by atoms with E-state index in [0.29, 0.717) is 11.3 Å². The molecule has 2 aromatic rings. The van der Waals surface area contributed by atoms with Crippen molar-refractivity contribution in [2.24, 2.45) is 0 Å². The second kappa shape index (κ2) is 8.28. The molecule has 0 saturated heterocycles. The van der Waals surface area contributed by atoms with Gasteiger partial charge in [0.15, 0.2) is 0 Å². The van der Waals surface area contributed by atoms with Gasteiger partial charge in [-0.25, -0.2) is 0 Å². The molecule has 1 amide bonds. The number of hydrogen-bond acceptors (Lipinski definition) is 3. The molecule has 0 atom stereocenters. The molecule has 2 aromatic carbocycles. The van der Waals surface area contributed by atoms with Gasteiger partial charge in [-0.3, -0.25) is 4.79 Å². The van der Waals surface area contributed by atoms with E-state index in [4.69, 9.17) is 16.9 Å². The third kappa shape index (κ3) is 5.69. The molecule has 1 N–H and O–H groups in total. The Hall–Kier alpha value is -2.17. The summed E-state index contributed by atoms with van der Waals surface area (Å²) in [6.07, 6.45) is -4.61. The lowest BCUT2D eigenvalue weighted by Gasteiger charge is -2.14. The molecule has 0 aromatic heterocycles. The molecule has 0 aliphatic heterocycles. The molecule has 0 saturated carbocycles. The number of nitriles is 1. The molecule has 0 aliphatic rings. The molecule has 3 nitrogen and oxygen atoms in total. The predicted octanol–water partition coefficient (Wildman–Crippen LogP) is 5.10. The molecule has 2 rings (SSSR count). The Labute approximate surface area is 151 Å². The summed E-state index contributed by atoms with van der Waals surface area (Å²) in [5, 5.41) is 10.9. The maximum Gasteiger partial charge on any atom is 0.418 e. The molecule has 130 valence electrons. The minimum absolute atomic E-state index is 0.0000744. The number of anilines is 1. The van der Waals surface area contributed by atoms with Crippen LogP contribution in [0.2, 0.25) is 5.02 Å². The molecule has 0 bridgehead atoms. The van der Waals surface area contributed by atoms with Gasteiger partial charge in [0.25, 0.3) is 0 Å². The van der Waals surface area contributed by atoms with Crippen LogP contribution in [-0.4, -0.2) is 11.7 Å². The summed E-state index contributed by atoms with van der Waals surface area (Å²) in [7, 11) is 0. The highest BCUT2D eigenvalue weighted by Crippen LogP contribution is 2.36. The van der Waals surface area contributed by atoms with Gasteiger partial charge < -0.3 is 5.32 Å². The fraction of sp³-hybridized carbons (Fsp3) is 0.176. The molecule has 0 heterocycles. The van der Waals surface area contributed by atoms with Gasteiger partial charge in [-0.2, -0.15) is 18.4 Å². The van der Waals surface area contributed by atoms with Crippen molar-refractivity contribution in [1.29, 1.82) is 5.26 Å². The molecule has 0 aliphatic carbocycles. The predicted molar refractivity (Wildman–Crippen MR) is 92.4 cm³/mol. The molecule has 0 unspecified atom stereocenters. The average Bonchev–Trinajstić information content (AvgIpc) is 2.56. The number of amides is 1. The monoisotopic (exact) mass is 384 g/mol. The normalized spacial score (nSPS) is 11.0. The summed E-state index contributed by atoms with van der Waals surface area (Å²) in [5.74, 6) is -0.0299. The molecule has 0 fully saturated rings. The SMILES string of the molecule is N#Cc1ccc(CSCC(=O)Nc2ccc(Cl)cc2C(F)(F)F)cc1. The fourth-order valence-electron chi connectivity index (χ4n) is 1.98. The van der Waals surface area contributed by atoms with Crippen molar-refractivity contribution in [2.45, 2.75) is 11.9 Å². The van der Waals surface area contributed by atoms with E-state index in [-0.39, 0.29) is 16.5 Å². The Morgan fingerprint density at radius 2 is 1.88 bits per heavy atom. The molecule has 25 heavy (non-hydrogen) atoms. The van der Waals surface area contributed by atoms with E-state index in [1.165, 1.54) is 17.8 Å². The van der Waals surface area contributed by atoms with Crippen molar-refractivity contribution in [3.63, 3.8) is 0 Å². The first-order valence-electron chi connectivity index (χ1n) is 7.03. The van der Waals surface area contributed by atoms with Crippen molar-refractivity contribution >= 4 is 35.0 Å². The van der Waals surface area contributed by atoms with Gasteiger partial charge in [0.2, 0.25) is 5.91 Å². The standard InChI is InChI=1S/C17H12ClF3N2OS/c18-13-5-6-15(14(7-13)17(19,20)21)23-16(24)10-25-9-12-3-1-11(8-22)2-4-12/h1-7H,9-10H2,(H,23,24). The van der Waals surface area contributed by atoms with E-state index in [1.54, 1.807) is 24.3 Å². The zero-order chi connectivity index (χ0) is 18.4.